The van der Waals surface area contributed by atoms with E-state index in [0.29, 0.717) is 32.9 Å². The van der Waals surface area contributed by atoms with E-state index in [0.717, 1.165) is 3.79 Å². The Labute approximate surface area is 174 Å². The summed E-state index contributed by atoms with van der Waals surface area (Å²) in [7, 11) is -3.52. The molecule has 140 valence electrons. The zero-order chi connectivity index (χ0) is 18.9. The molecule has 5 nitrogen and oxygen atoms in total. The molecule has 0 bridgehead atoms. The number of nitrogens with zero attached hydrogens (tertiary/aromatic N) is 2. The van der Waals surface area contributed by atoms with Crippen molar-refractivity contribution in [3.05, 3.63) is 49.7 Å². The highest BCUT2D eigenvalue weighted by atomic mass is 79.9. The molecule has 2 heterocycles. The number of halogens is 3. The molecular weight excluding hydrogens is 483 g/mol. The molecule has 0 spiro atoms. The molecule has 0 unspecified atom stereocenters. The van der Waals surface area contributed by atoms with Gasteiger partial charge in [-0.15, -0.1) is 11.3 Å². The summed E-state index contributed by atoms with van der Waals surface area (Å²) >= 11 is 16.7. The second kappa shape index (κ2) is 8.16. The maximum absolute atomic E-state index is 12.6. The Morgan fingerprint density at radius 3 is 2.23 bits per heavy atom. The van der Waals surface area contributed by atoms with Crippen LogP contribution in [0.2, 0.25) is 10.0 Å². The first-order valence-corrected chi connectivity index (χ1v) is 11.6. The largest absolute Gasteiger partial charge is 0.340 e. The summed E-state index contributed by atoms with van der Waals surface area (Å²) in [5.74, 6) is -0.115. The minimum absolute atomic E-state index is 0.100. The topological polar surface area (TPSA) is 57.7 Å². The molecule has 0 radical (unpaired) electrons. The summed E-state index contributed by atoms with van der Waals surface area (Å²) < 4.78 is 27.7. The lowest BCUT2D eigenvalue weighted by molar-refractivity contribution is -0.131. The fraction of sp³-hybridized carbons (Fsp3) is 0.312. The predicted octanol–water partition coefficient (Wildman–Crippen LogP) is 3.89. The second-order valence-corrected chi connectivity index (χ2v) is 11.2. The molecule has 0 atom stereocenters. The van der Waals surface area contributed by atoms with E-state index in [1.807, 2.05) is 0 Å². The Hall–Kier alpha value is -0.640. The normalized spacial score (nSPS) is 16.0. The number of thiophene rings is 1. The van der Waals surface area contributed by atoms with E-state index in [-0.39, 0.29) is 25.4 Å². The van der Waals surface area contributed by atoms with E-state index >= 15 is 0 Å². The molecule has 0 aliphatic carbocycles. The number of piperazine rings is 1. The van der Waals surface area contributed by atoms with Crippen LogP contribution in [-0.4, -0.2) is 49.7 Å². The highest BCUT2D eigenvalue weighted by Crippen LogP contribution is 2.29. The standard InChI is InChI=1S/C16H15BrCl2N2O3S2/c17-14-4-5-16(25-14)26(23,24)21-8-6-20(7-9-21)15(22)10-11-12(18)2-1-3-13(11)19/h1-5H,6-10H2. The zero-order valence-corrected chi connectivity index (χ0v) is 18.2. The van der Waals surface area contributed by atoms with Gasteiger partial charge in [0.15, 0.2) is 0 Å². The van der Waals surface area contributed by atoms with Crippen molar-refractivity contribution in [2.75, 3.05) is 26.2 Å². The summed E-state index contributed by atoms with van der Waals surface area (Å²) in [6.07, 6.45) is 0.100. The first kappa shape index (κ1) is 20.1. The van der Waals surface area contributed by atoms with Crippen LogP contribution in [-0.2, 0) is 21.2 Å². The maximum atomic E-state index is 12.6. The average molecular weight is 498 g/mol. The molecular formula is C16H15BrCl2N2O3S2. The Balaban J connectivity index is 1.64. The fourth-order valence-corrected chi connectivity index (χ4v) is 6.82. The molecule has 1 amide bonds. The number of sulfonamides is 1. The van der Waals surface area contributed by atoms with Gasteiger partial charge in [-0.25, -0.2) is 8.42 Å². The highest BCUT2D eigenvalue weighted by Gasteiger charge is 2.31. The Morgan fingerprint density at radius 2 is 1.69 bits per heavy atom. The summed E-state index contributed by atoms with van der Waals surface area (Å²) in [5, 5.41) is 0.908. The minimum atomic E-state index is -3.52. The molecule has 1 aliphatic heterocycles. The quantitative estimate of drug-likeness (QED) is 0.643. The van der Waals surface area contributed by atoms with Crippen molar-refractivity contribution in [1.82, 2.24) is 9.21 Å². The molecule has 1 aliphatic rings. The van der Waals surface area contributed by atoms with E-state index in [4.69, 9.17) is 23.2 Å². The summed E-state index contributed by atoms with van der Waals surface area (Å²) in [6, 6.07) is 8.41. The molecule has 10 heteroatoms. The molecule has 3 rings (SSSR count). The van der Waals surface area contributed by atoms with Crippen LogP contribution in [0.4, 0.5) is 0 Å². The van der Waals surface area contributed by atoms with Crippen LogP contribution < -0.4 is 0 Å². The lowest BCUT2D eigenvalue weighted by Gasteiger charge is -2.33. The van der Waals surface area contributed by atoms with Crippen LogP contribution in [0, 0.1) is 0 Å². The number of carbonyl (C=O) groups is 1. The number of carbonyl (C=O) groups excluding carboxylic acids is 1. The van der Waals surface area contributed by atoms with Crippen LogP contribution in [0.25, 0.3) is 0 Å². The number of hydrogen-bond donors (Lipinski definition) is 0. The number of hydrogen-bond acceptors (Lipinski definition) is 4. The summed E-state index contributed by atoms with van der Waals surface area (Å²) in [5.41, 5.74) is 0.597. The highest BCUT2D eigenvalue weighted by molar-refractivity contribution is 9.11. The van der Waals surface area contributed by atoms with Gasteiger partial charge in [0.2, 0.25) is 5.91 Å². The van der Waals surface area contributed by atoms with Crippen molar-refractivity contribution >= 4 is 66.4 Å². The molecule has 1 fully saturated rings. The Kier molecular flexibility index (Phi) is 6.31. The Morgan fingerprint density at radius 1 is 1.08 bits per heavy atom. The van der Waals surface area contributed by atoms with Crippen LogP contribution in [0.15, 0.2) is 38.3 Å². The van der Waals surface area contributed by atoms with Gasteiger partial charge in [-0.1, -0.05) is 29.3 Å². The summed E-state index contributed by atoms with van der Waals surface area (Å²) in [6.45, 7) is 1.21. The van der Waals surface area contributed by atoms with Gasteiger partial charge in [0.05, 0.1) is 10.2 Å². The monoisotopic (exact) mass is 496 g/mol. The van der Waals surface area contributed by atoms with Crippen molar-refractivity contribution in [2.45, 2.75) is 10.6 Å². The van der Waals surface area contributed by atoms with Gasteiger partial charge in [0.25, 0.3) is 10.0 Å². The second-order valence-electron chi connectivity index (χ2n) is 5.72. The molecule has 0 N–H and O–H groups in total. The van der Waals surface area contributed by atoms with Gasteiger partial charge in [-0.3, -0.25) is 4.79 Å². The minimum Gasteiger partial charge on any atom is -0.340 e. The summed E-state index contributed by atoms with van der Waals surface area (Å²) in [4.78, 5) is 14.2. The predicted molar refractivity (Wildman–Crippen MR) is 108 cm³/mol. The molecule has 26 heavy (non-hydrogen) atoms. The third-order valence-electron chi connectivity index (χ3n) is 4.12. The van der Waals surface area contributed by atoms with Crippen molar-refractivity contribution in [3.8, 4) is 0 Å². The van der Waals surface area contributed by atoms with Gasteiger partial charge in [-0.05, 0) is 45.8 Å². The van der Waals surface area contributed by atoms with Crippen LogP contribution in [0.3, 0.4) is 0 Å². The first-order valence-electron chi connectivity index (χ1n) is 7.75. The van der Waals surface area contributed by atoms with Crippen molar-refractivity contribution in [1.29, 1.82) is 0 Å². The molecule has 1 aromatic carbocycles. The van der Waals surface area contributed by atoms with Crippen molar-refractivity contribution < 1.29 is 13.2 Å². The lowest BCUT2D eigenvalue weighted by Crippen LogP contribution is -2.50. The van der Waals surface area contributed by atoms with Crippen LogP contribution in [0.1, 0.15) is 5.56 Å². The maximum Gasteiger partial charge on any atom is 0.252 e. The molecule has 1 aromatic heterocycles. The third-order valence-corrected chi connectivity index (χ3v) is 8.82. The van der Waals surface area contributed by atoms with Crippen molar-refractivity contribution in [2.24, 2.45) is 0 Å². The third kappa shape index (κ3) is 4.26. The smallest absolute Gasteiger partial charge is 0.252 e. The fourth-order valence-electron chi connectivity index (χ4n) is 2.71. The van der Waals surface area contributed by atoms with E-state index in [9.17, 15) is 13.2 Å². The van der Waals surface area contributed by atoms with E-state index in [2.05, 4.69) is 15.9 Å². The van der Waals surface area contributed by atoms with Gasteiger partial charge in [-0.2, -0.15) is 4.31 Å². The van der Waals surface area contributed by atoms with E-state index in [1.165, 1.54) is 15.6 Å². The van der Waals surface area contributed by atoms with Crippen LogP contribution in [0.5, 0.6) is 0 Å². The van der Waals surface area contributed by atoms with E-state index < -0.39 is 10.0 Å². The van der Waals surface area contributed by atoms with Gasteiger partial charge in [0.1, 0.15) is 4.21 Å². The zero-order valence-electron chi connectivity index (χ0n) is 13.5. The van der Waals surface area contributed by atoms with Crippen LogP contribution >= 0.6 is 50.5 Å². The van der Waals surface area contributed by atoms with Gasteiger partial charge in [0, 0.05) is 36.2 Å². The number of rotatable bonds is 4. The first-order chi connectivity index (χ1) is 12.3. The number of amides is 1. The van der Waals surface area contributed by atoms with Gasteiger partial charge >= 0.3 is 0 Å². The lowest BCUT2D eigenvalue weighted by atomic mass is 10.1. The molecule has 0 saturated carbocycles. The van der Waals surface area contributed by atoms with Crippen molar-refractivity contribution in [3.63, 3.8) is 0 Å². The number of benzene rings is 1. The van der Waals surface area contributed by atoms with Gasteiger partial charge < -0.3 is 4.90 Å². The molecule has 2 aromatic rings. The van der Waals surface area contributed by atoms with E-state index in [1.54, 1.807) is 35.2 Å². The average Bonchev–Trinajstić information content (AvgIpc) is 3.05. The SMILES string of the molecule is O=C(Cc1c(Cl)cccc1Cl)N1CCN(S(=O)(=O)c2ccc(Br)s2)CC1. The Bertz CT molecular complexity index is 905. The molecule has 1 saturated heterocycles.